The zero-order valence-electron chi connectivity index (χ0n) is 14.3. The van der Waals surface area contributed by atoms with Crippen molar-refractivity contribution >= 4 is 23.2 Å². The Balaban J connectivity index is 2.33. The van der Waals surface area contributed by atoms with Crippen molar-refractivity contribution in [2.45, 2.75) is 19.7 Å². The molecule has 0 amide bonds. The van der Waals surface area contributed by atoms with E-state index in [-0.39, 0.29) is 5.85 Å². The van der Waals surface area contributed by atoms with Crippen LogP contribution in [0.1, 0.15) is 13.8 Å². The van der Waals surface area contributed by atoms with E-state index in [1.54, 1.807) is 0 Å². The van der Waals surface area contributed by atoms with Crippen LogP contribution in [0, 0.1) is 0 Å². The van der Waals surface area contributed by atoms with E-state index < -0.39 is 7.26 Å². The van der Waals surface area contributed by atoms with Gasteiger partial charge < -0.3 is 4.74 Å². The highest BCUT2D eigenvalue weighted by Gasteiger charge is 2.51. The SMILES string of the molecule is CCOC(C)[P+](c1ccccc1)(c1ccccc1)c1ccccc1. The van der Waals surface area contributed by atoms with Gasteiger partial charge in [0.05, 0.1) is 0 Å². The lowest BCUT2D eigenvalue weighted by Crippen LogP contribution is -2.38. The van der Waals surface area contributed by atoms with Crippen LogP contribution < -0.4 is 15.9 Å². The molecule has 3 aromatic rings. The van der Waals surface area contributed by atoms with E-state index in [9.17, 15) is 0 Å². The Morgan fingerprint density at radius 3 is 1.29 bits per heavy atom. The van der Waals surface area contributed by atoms with Gasteiger partial charge in [0.1, 0.15) is 23.2 Å². The summed E-state index contributed by atoms with van der Waals surface area (Å²) < 4.78 is 6.22. The maximum Gasteiger partial charge on any atom is 0.178 e. The number of rotatable bonds is 6. The van der Waals surface area contributed by atoms with Crippen LogP contribution in [0.3, 0.4) is 0 Å². The standard InChI is InChI=1S/C22H24OP/c1-3-23-19(2)24(20-13-7-4-8-14-20,21-15-9-5-10-16-21)22-17-11-6-12-18-22/h4-19H,3H2,1-2H3/q+1. The second kappa shape index (κ2) is 7.75. The van der Waals surface area contributed by atoms with Crippen LogP contribution in [0.4, 0.5) is 0 Å². The zero-order chi connectivity index (χ0) is 16.8. The molecule has 0 spiro atoms. The molecule has 3 aromatic carbocycles. The molecule has 0 N–H and O–H groups in total. The van der Waals surface area contributed by atoms with Gasteiger partial charge in [0.2, 0.25) is 0 Å². The summed E-state index contributed by atoms with van der Waals surface area (Å²) in [6.07, 6.45) is 0. The molecule has 0 fully saturated rings. The second-order valence-electron chi connectivity index (χ2n) is 5.78. The summed E-state index contributed by atoms with van der Waals surface area (Å²) in [5.41, 5.74) is 0. The maximum atomic E-state index is 6.22. The van der Waals surface area contributed by atoms with Crippen molar-refractivity contribution in [3.63, 3.8) is 0 Å². The fourth-order valence-corrected chi connectivity index (χ4v) is 7.87. The average Bonchev–Trinajstić information content (AvgIpc) is 2.65. The minimum Gasteiger partial charge on any atom is -0.343 e. The summed E-state index contributed by atoms with van der Waals surface area (Å²) in [6, 6.07) is 32.6. The molecule has 1 atom stereocenters. The van der Waals surface area contributed by atoms with E-state index in [4.69, 9.17) is 4.74 Å². The molecular weight excluding hydrogens is 311 g/mol. The Hall–Kier alpha value is -1.95. The van der Waals surface area contributed by atoms with Crippen molar-refractivity contribution in [2.75, 3.05) is 6.61 Å². The molecule has 0 aliphatic rings. The topological polar surface area (TPSA) is 9.23 Å². The first-order valence-corrected chi connectivity index (χ1v) is 10.3. The zero-order valence-corrected chi connectivity index (χ0v) is 15.2. The van der Waals surface area contributed by atoms with E-state index in [0.29, 0.717) is 0 Å². The number of benzene rings is 3. The number of hydrogen-bond donors (Lipinski definition) is 0. The first kappa shape index (κ1) is 16.9. The Morgan fingerprint density at radius 2 is 1.00 bits per heavy atom. The predicted molar refractivity (Wildman–Crippen MR) is 106 cm³/mol. The normalized spacial score (nSPS) is 12.8. The molecule has 122 valence electrons. The van der Waals surface area contributed by atoms with E-state index >= 15 is 0 Å². The Labute approximate surface area is 145 Å². The highest BCUT2D eigenvalue weighted by molar-refractivity contribution is 7.96. The molecular formula is C22H24OP+. The molecule has 1 unspecified atom stereocenters. The summed E-state index contributed by atoms with van der Waals surface area (Å²) in [5.74, 6) is 0.120. The molecule has 0 aromatic heterocycles. The summed E-state index contributed by atoms with van der Waals surface area (Å²) >= 11 is 0. The summed E-state index contributed by atoms with van der Waals surface area (Å²) in [6.45, 7) is 5.02. The lowest BCUT2D eigenvalue weighted by atomic mass is 10.4. The third-order valence-electron chi connectivity index (χ3n) is 4.44. The van der Waals surface area contributed by atoms with Gasteiger partial charge in [-0.3, -0.25) is 0 Å². The molecule has 0 radical (unpaired) electrons. The van der Waals surface area contributed by atoms with Crippen molar-refractivity contribution < 1.29 is 4.74 Å². The highest BCUT2D eigenvalue weighted by atomic mass is 31.2. The van der Waals surface area contributed by atoms with Crippen molar-refractivity contribution in [1.82, 2.24) is 0 Å². The minimum absolute atomic E-state index is 0.120. The van der Waals surface area contributed by atoms with Crippen molar-refractivity contribution in [3.05, 3.63) is 91.0 Å². The molecule has 1 nitrogen and oxygen atoms in total. The molecule has 2 heteroatoms. The van der Waals surface area contributed by atoms with Crippen LogP contribution in [-0.4, -0.2) is 12.5 Å². The Morgan fingerprint density at radius 1 is 0.667 bits per heavy atom. The summed E-state index contributed by atoms with van der Waals surface area (Å²) in [7, 11) is -1.88. The third-order valence-corrected chi connectivity index (χ3v) is 9.02. The molecule has 0 heterocycles. The van der Waals surface area contributed by atoms with Gasteiger partial charge in [-0.05, 0) is 50.2 Å². The van der Waals surface area contributed by atoms with E-state index in [2.05, 4.69) is 105 Å². The monoisotopic (exact) mass is 335 g/mol. The number of hydrogen-bond acceptors (Lipinski definition) is 1. The molecule has 0 bridgehead atoms. The van der Waals surface area contributed by atoms with Crippen LogP contribution in [0.2, 0.25) is 0 Å². The van der Waals surface area contributed by atoms with Gasteiger partial charge >= 0.3 is 0 Å². The first-order chi connectivity index (χ1) is 11.8. The average molecular weight is 335 g/mol. The van der Waals surface area contributed by atoms with Crippen LogP contribution in [0.5, 0.6) is 0 Å². The van der Waals surface area contributed by atoms with Gasteiger partial charge in [-0.15, -0.1) is 0 Å². The van der Waals surface area contributed by atoms with Gasteiger partial charge in [0.15, 0.2) is 5.85 Å². The van der Waals surface area contributed by atoms with E-state index in [1.165, 1.54) is 15.9 Å². The van der Waals surface area contributed by atoms with Crippen molar-refractivity contribution in [1.29, 1.82) is 0 Å². The lowest BCUT2D eigenvalue weighted by Gasteiger charge is -2.32. The van der Waals surface area contributed by atoms with Crippen LogP contribution in [0.15, 0.2) is 91.0 Å². The Kier molecular flexibility index (Phi) is 5.45. The van der Waals surface area contributed by atoms with Gasteiger partial charge in [-0.1, -0.05) is 54.6 Å². The third kappa shape index (κ3) is 3.02. The first-order valence-electron chi connectivity index (χ1n) is 8.47. The molecule has 24 heavy (non-hydrogen) atoms. The van der Waals surface area contributed by atoms with Gasteiger partial charge in [-0.2, -0.15) is 0 Å². The summed E-state index contributed by atoms with van der Waals surface area (Å²) in [5, 5.41) is 4.09. The lowest BCUT2D eigenvalue weighted by molar-refractivity contribution is 0.133. The van der Waals surface area contributed by atoms with Crippen LogP contribution in [-0.2, 0) is 4.74 Å². The fraction of sp³-hybridized carbons (Fsp3) is 0.182. The second-order valence-corrected chi connectivity index (χ2v) is 9.51. The quantitative estimate of drug-likeness (QED) is 0.608. The molecule has 0 saturated heterocycles. The summed E-state index contributed by atoms with van der Waals surface area (Å²) in [4.78, 5) is 0. The molecule has 0 aliphatic carbocycles. The van der Waals surface area contributed by atoms with E-state index in [0.717, 1.165) is 6.61 Å². The fourth-order valence-electron chi connectivity index (χ4n) is 3.42. The molecule has 0 saturated carbocycles. The smallest absolute Gasteiger partial charge is 0.178 e. The molecule has 0 aliphatic heterocycles. The molecule has 3 rings (SSSR count). The van der Waals surface area contributed by atoms with E-state index in [1.807, 2.05) is 0 Å². The highest BCUT2D eigenvalue weighted by Crippen LogP contribution is 2.59. The van der Waals surface area contributed by atoms with Gasteiger partial charge in [0, 0.05) is 6.61 Å². The van der Waals surface area contributed by atoms with Crippen LogP contribution >= 0.6 is 7.26 Å². The van der Waals surface area contributed by atoms with Gasteiger partial charge in [-0.25, -0.2) is 0 Å². The maximum absolute atomic E-state index is 6.22. The Bertz CT molecular complexity index is 644. The minimum atomic E-state index is -1.88. The largest absolute Gasteiger partial charge is 0.343 e. The van der Waals surface area contributed by atoms with Gasteiger partial charge in [0.25, 0.3) is 0 Å². The van der Waals surface area contributed by atoms with Crippen molar-refractivity contribution in [2.24, 2.45) is 0 Å². The number of ether oxygens (including phenoxy) is 1. The predicted octanol–water partition coefficient (Wildman–Crippen LogP) is 4.36. The van der Waals surface area contributed by atoms with Crippen molar-refractivity contribution in [3.8, 4) is 0 Å². The van der Waals surface area contributed by atoms with Crippen LogP contribution in [0.25, 0.3) is 0 Å².